The first kappa shape index (κ1) is 12.5. The first-order chi connectivity index (χ1) is 9.69. The minimum atomic E-state index is -0.433. The van der Waals surface area contributed by atoms with E-state index >= 15 is 0 Å². The van der Waals surface area contributed by atoms with Gasteiger partial charge in [-0.05, 0) is 48.2 Å². The molecule has 0 spiro atoms. The summed E-state index contributed by atoms with van der Waals surface area (Å²) in [6, 6.07) is 11.7. The number of nitrogens with zero attached hydrogens (tertiary/aromatic N) is 1. The summed E-state index contributed by atoms with van der Waals surface area (Å²) in [6.07, 6.45) is 1.59. The number of anilines is 1. The highest BCUT2D eigenvalue weighted by Crippen LogP contribution is 2.38. The summed E-state index contributed by atoms with van der Waals surface area (Å²) in [6.45, 7) is 0. The number of phenolic OH excluding ortho intramolecular Hbond substituents is 1. The lowest BCUT2D eigenvalue weighted by Gasteiger charge is -2.16. The maximum atomic E-state index is 13.9. The van der Waals surface area contributed by atoms with Gasteiger partial charge in [0.15, 0.2) is 0 Å². The third kappa shape index (κ3) is 2.08. The fourth-order valence-electron chi connectivity index (χ4n) is 2.67. The number of halogens is 1. The standard InChI is InChI=1S/C16H13FN2O/c17-13-8-10(9-18)4-6-15(13)19-14-7-5-12-11(14)2-1-3-16(12)20/h1-4,6,8,14,19-20H,5,7H2. The third-order valence-electron chi connectivity index (χ3n) is 3.67. The Morgan fingerprint density at radius 3 is 2.90 bits per heavy atom. The molecule has 100 valence electrons. The van der Waals surface area contributed by atoms with Gasteiger partial charge in [0.05, 0.1) is 23.4 Å². The predicted molar refractivity (Wildman–Crippen MR) is 73.9 cm³/mol. The number of aromatic hydroxyl groups is 1. The quantitative estimate of drug-likeness (QED) is 0.876. The molecule has 1 unspecified atom stereocenters. The Morgan fingerprint density at radius 1 is 1.30 bits per heavy atom. The summed E-state index contributed by atoms with van der Waals surface area (Å²) in [5, 5.41) is 21.7. The molecule has 3 rings (SSSR count). The van der Waals surface area contributed by atoms with Gasteiger partial charge in [0.25, 0.3) is 0 Å². The Balaban J connectivity index is 1.88. The molecule has 0 saturated carbocycles. The molecular formula is C16H13FN2O. The first-order valence-electron chi connectivity index (χ1n) is 6.46. The van der Waals surface area contributed by atoms with Crippen LogP contribution in [0.4, 0.5) is 10.1 Å². The molecule has 1 atom stereocenters. The van der Waals surface area contributed by atoms with Gasteiger partial charge >= 0.3 is 0 Å². The summed E-state index contributed by atoms with van der Waals surface area (Å²) in [5.74, 6) is -0.134. The number of nitriles is 1. The zero-order chi connectivity index (χ0) is 14.1. The third-order valence-corrected chi connectivity index (χ3v) is 3.67. The van der Waals surface area contributed by atoms with Gasteiger partial charge in [-0.1, -0.05) is 12.1 Å². The van der Waals surface area contributed by atoms with Crippen molar-refractivity contribution in [3.8, 4) is 11.8 Å². The van der Waals surface area contributed by atoms with E-state index in [0.717, 1.165) is 24.0 Å². The lowest BCUT2D eigenvalue weighted by molar-refractivity contribution is 0.469. The fourth-order valence-corrected chi connectivity index (χ4v) is 2.67. The number of benzene rings is 2. The highest BCUT2D eigenvalue weighted by molar-refractivity contribution is 5.53. The molecule has 3 nitrogen and oxygen atoms in total. The van der Waals surface area contributed by atoms with E-state index < -0.39 is 5.82 Å². The maximum Gasteiger partial charge on any atom is 0.147 e. The molecule has 4 heteroatoms. The van der Waals surface area contributed by atoms with E-state index in [-0.39, 0.29) is 6.04 Å². The highest BCUT2D eigenvalue weighted by atomic mass is 19.1. The van der Waals surface area contributed by atoms with E-state index in [4.69, 9.17) is 5.26 Å². The van der Waals surface area contributed by atoms with E-state index in [9.17, 15) is 9.50 Å². The molecule has 2 aromatic rings. The van der Waals surface area contributed by atoms with Crippen LogP contribution in [0, 0.1) is 17.1 Å². The van der Waals surface area contributed by atoms with Gasteiger partial charge in [0.2, 0.25) is 0 Å². The summed E-state index contributed by atoms with van der Waals surface area (Å²) < 4.78 is 13.9. The second-order valence-electron chi connectivity index (χ2n) is 4.89. The minimum absolute atomic E-state index is 0.0143. The molecule has 1 aliphatic carbocycles. The average Bonchev–Trinajstić information content (AvgIpc) is 2.86. The average molecular weight is 268 g/mol. The van der Waals surface area contributed by atoms with Crippen LogP contribution in [-0.2, 0) is 6.42 Å². The fraction of sp³-hybridized carbons (Fsp3) is 0.188. The minimum Gasteiger partial charge on any atom is -0.508 e. The molecule has 1 aliphatic rings. The maximum absolute atomic E-state index is 13.9. The molecule has 2 N–H and O–H groups in total. The van der Waals surface area contributed by atoms with Crippen LogP contribution in [0.15, 0.2) is 36.4 Å². The molecule has 0 saturated heterocycles. The Bertz CT molecular complexity index is 706. The predicted octanol–water partition coefficient (Wildman–Crippen LogP) is 3.50. The van der Waals surface area contributed by atoms with Crippen molar-refractivity contribution in [3.05, 3.63) is 58.9 Å². The van der Waals surface area contributed by atoms with Gasteiger partial charge in [-0.15, -0.1) is 0 Å². The van der Waals surface area contributed by atoms with Crippen molar-refractivity contribution in [3.63, 3.8) is 0 Å². The van der Waals surface area contributed by atoms with Crippen LogP contribution < -0.4 is 5.32 Å². The first-order valence-corrected chi connectivity index (χ1v) is 6.46. The van der Waals surface area contributed by atoms with Crippen molar-refractivity contribution in [2.75, 3.05) is 5.32 Å². The molecule has 0 fully saturated rings. The van der Waals surface area contributed by atoms with Gasteiger partial charge in [-0.25, -0.2) is 4.39 Å². The number of rotatable bonds is 2. The Labute approximate surface area is 116 Å². The SMILES string of the molecule is N#Cc1ccc(NC2CCc3c(O)cccc32)c(F)c1. The Morgan fingerprint density at radius 2 is 2.15 bits per heavy atom. The lowest BCUT2D eigenvalue weighted by Crippen LogP contribution is -2.08. The number of phenols is 1. The Hall–Kier alpha value is -2.54. The van der Waals surface area contributed by atoms with Crippen LogP contribution in [0.2, 0.25) is 0 Å². The van der Waals surface area contributed by atoms with Crippen molar-refractivity contribution in [1.82, 2.24) is 0 Å². The molecule has 0 aliphatic heterocycles. The molecule has 2 aromatic carbocycles. The molecule has 0 heterocycles. The highest BCUT2D eigenvalue weighted by Gasteiger charge is 2.25. The number of nitrogens with one attached hydrogen (secondary N) is 1. The number of fused-ring (bicyclic) bond motifs is 1. The monoisotopic (exact) mass is 268 g/mol. The Kier molecular flexibility index (Phi) is 3.03. The summed E-state index contributed by atoms with van der Waals surface area (Å²) in [4.78, 5) is 0. The van der Waals surface area contributed by atoms with Crippen molar-refractivity contribution < 1.29 is 9.50 Å². The van der Waals surface area contributed by atoms with Crippen molar-refractivity contribution in [2.24, 2.45) is 0 Å². The van der Waals surface area contributed by atoms with Crippen LogP contribution in [0.1, 0.15) is 29.2 Å². The summed E-state index contributed by atoms with van der Waals surface area (Å²) in [7, 11) is 0. The molecule has 0 amide bonds. The number of hydrogen-bond acceptors (Lipinski definition) is 3. The van der Waals surface area contributed by atoms with Crippen LogP contribution >= 0.6 is 0 Å². The van der Waals surface area contributed by atoms with Crippen LogP contribution in [0.3, 0.4) is 0 Å². The number of hydrogen-bond donors (Lipinski definition) is 2. The van der Waals surface area contributed by atoms with E-state index in [1.54, 1.807) is 24.3 Å². The second-order valence-corrected chi connectivity index (χ2v) is 4.89. The molecule has 0 bridgehead atoms. The zero-order valence-electron chi connectivity index (χ0n) is 10.7. The van der Waals surface area contributed by atoms with Gasteiger partial charge in [0.1, 0.15) is 11.6 Å². The summed E-state index contributed by atoms with van der Waals surface area (Å²) in [5.41, 5.74) is 2.62. The second kappa shape index (κ2) is 4.86. The lowest BCUT2D eigenvalue weighted by atomic mass is 10.1. The van der Waals surface area contributed by atoms with Crippen LogP contribution in [-0.4, -0.2) is 5.11 Å². The van der Waals surface area contributed by atoms with E-state index in [1.165, 1.54) is 6.07 Å². The van der Waals surface area contributed by atoms with E-state index in [1.807, 2.05) is 12.1 Å². The van der Waals surface area contributed by atoms with Crippen molar-refractivity contribution >= 4 is 5.69 Å². The molecule has 20 heavy (non-hydrogen) atoms. The normalized spacial score (nSPS) is 16.5. The van der Waals surface area contributed by atoms with Gasteiger partial charge in [-0.3, -0.25) is 0 Å². The smallest absolute Gasteiger partial charge is 0.147 e. The van der Waals surface area contributed by atoms with E-state index in [2.05, 4.69) is 5.32 Å². The van der Waals surface area contributed by atoms with E-state index in [0.29, 0.717) is 17.0 Å². The van der Waals surface area contributed by atoms with Gasteiger partial charge in [-0.2, -0.15) is 5.26 Å². The topological polar surface area (TPSA) is 56.0 Å². The van der Waals surface area contributed by atoms with Gasteiger partial charge < -0.3 is 10.4 Å². The van der Waals surface area contributed by atoms with Crippen LogP contribution in [0.5, 0.6) is 5.75 Å². The van der Waals surface area contributed by atoms with Gasteiger partial charge in [0, 0.05) is 0 Å². The molecule has 0 aromatic heterocycles. The van der Waals surface area contributed by atoms with Crippen molar-refractivity contribution in [1.29, 1.82) is 5.26 Å². The zero-order valence-corrected chi connectivity index (χ0v) is 10.7. The molecule has 0 radical (unpaired) electrons. The molecular weight excluding hydrogens is 255 g/mol. The summed E-state index contributed by atoms with van der Waals surface area (Å²) >= 11 is 0. The largest absolute Gasteiger partial charge is 0.508 e. The van der Waals surface area contributed by atoms with Crippen LogP contribution in [0.25, 0.3) is 0 Å². The van der Waals surface area contributed by atoms with Crippen molar-refractivity contribution in [2.45, 2.75) is 18.9 Å².